The highest BCUT2D eigenvalue weighted by Gasteiger charge is 2.10. The molecule has 0 saturated carbocycles. The van der Waals surface area contributed by atoms with Crippen molar-refractivity contribution in [2.45, 2.75) is 0 Å². The maximum absolute atomic E-state index is 10.0. The normalized spacial score (nSPS) is 12.1. The summed E-state index contributed by atoms with van der Waals surface area (Å²) in [6.07, 6.45) is 1.33. The number of fused-ring (bicyclic) bond motifs is 1. The number of benzene rings is 2. The second-order valence-corrected chi connectivity index (χ2v) is 4.90. The number of hydrogen-bond acceptors (Lipinski definition) is 6. The van der Waals surface area contributed by atoms with Gasteiger partial charge in [-0.1, -0.05) is 24.3 Å². The van der Waals surface area contributed by atoms with Crippen molar-refractivity contribution in [3.63, 3.8) is 0 Å². The van der Waals surface area contributed by atoms with Crippen molar-refractivity contribution in [1.82, 2.24) is 9.71 Å². The summed E-state index contributed by atoms with van der Waals surface area (Å²) in [5.41, 5.74) is 6.86. The Labute approximate surface area is 136 Å². The third kappa shape index (κ3) is 2.80. The predicted molar refractivity (Wildman–Crippen MR) is 89.2 cm³/mol. The van der Waals surface area contributed by atoms with Gasteiger partial charge in [-0.2, -0.15) is 9.83 Å². The highest BCUT2D eigenvalue weighted by Crippen LogP contribution is 2.12. The molecule has 3 aromatic rings. The molecular weight excluding hydrogens is 308 g/mol. The second kappa shape index (κ2) is 6.21. The first-order valence-electron chi connectivity index (χ1n) is 6.98. The number of aromatic hydroxyl groups is 1. The molecule has 120 valence electrons. The van der Waals surface area contributed by atoms with Crippen LogP contribution >= 0.6 is 0 Å². The molecule has 8 nitrogen and oxygen atoms in total. The van der Waals surface area contributed by atoms with Gasteiger partial charge in [-0.15, -0.1) is 5.10 Å². The molecule has 0 spiro atoms. The van der Waals surface area contributed by atoms with Crippen molar-refractivity contribution in [3.05, 3.63) is 65.3 Å². The van der Waals surface area contributed by atoms with Gasteiger partial charge in [-0.25, -0.2) is 4.98 Å². The molecule has 0 aliphatic rings. The van der Waals surface area contributed by atoms with Crippen LogP contribution in [0.2, 0.25) is 0 Å². The second-order valence-electron chi connectivity index (χ2n) is 4.90. The number of phenolic OH excluding ortho intramolecular Hbond substituents is 1. The molecule has 1 heterocycles. The molecule has 8 heteroatoms. The van der Waals surface area contributed by atoms with Gasteiger partial charge in [0.25, 0.3) is 0 Å². The highest BCUT2D eigenvalue weighted by molar-refractivity contribution is 5.97. The van der Waals surface area contributed by atoms with Crippen LogP contribution in [-0.2, 0) is 0 Å². The maximum atomic E-state index is 10.0. The lowest BCUT2D eigenvalue weighted by molar-refractivity contribution is 0.183. The molecule has 2 aromatic carbocycles. The molecule has 3 rings (SSSR count). The lowest BCUT2D eigenvalue weighted by Crippen LogP contribution is -2.31. The van der Waals surface area contributed by atoms with E-state index in [1.165, 1.54) is 12.3 Å². The number of amidine groups is 1. The van der Waals surface area contributed by atoms with E-state index in [-0.39, 0.29) is 22.8 Å². The summed E-state index contributed by atoms with van der Waals surface area (Å²) in [7, 11) is 0. The number of hydrogen-bond donors (Lipinski definition) is 4. The number of rotatable bonds is 3. The summed E-state index contributed by atoms with van der Waals surface area (Å²) >= 11 is 0. The Kier molecular flexibility index (Phi) is 3.94. The van der Waals surface area contributed by atoms with Crippen LogP contribution in [0, 0.1) is 5.41 Å². The van der Waals surface area contributed by atoms with Crippen LogP contribution in [0.25, 0.3) is 11.0 Å². The zero-order chi connectivity index (χ0) is 17.1. The van der Waals surface area contributed by atoms with Gasteiger partial charge in [0.15, 0.2) is 17.0 Å². The average Bonchev–Trinajstić information content (AvgIpc) is 2.59. The molecule has 0 radical (unpaired) electrons. The first-order valence-corrected chi connectivity index (χ1v) is 6.98. The van der Waals surface area contributed by atoms with E-state index < -0.39 is 0 Å². The SMILES string of the molecule is N=c1c(C(N)=NN=Cc2ccccc2O)nc2ccccc2n1O. The molecule has 0 fully saturated rings. The lowest BCUT2D eigenvalue weighted by Gasteiger charge is -2.06. The van der Waals surface area contributed by atoms with Crippen LogP contribution in [-0.4, -0.2) is 32.1 Å². The van der Waals surface area contributed by atoms with Crippen LogP contribution < -0.4 is 11.2 Å². The maximum Gasteiger partial charge on any atom is 0.191 e. The van der Waals surface area contributed by atoms with Crippen LogP contribution in [0.15, 0.2) is 58.7 Å². The zero-order valence-corrected chi connectivity index (χ0v) is 12.5. The molecule has 0 saturated heterocycles. The van der Waals surface area contributed by atoms with Crippen molar-refractivity contribution in [3.8, 4) is 5.75 Å². The van der Waals surface area contributed by atoms with E-state index in [2.05, 4.69) is 15.2 Å². The zero-order valence-electron chi connectivity index (χ0n) is 12.5. The van der Waals surface area contributed by atoms with E-state index in [0.29, 0.717) is 21.3 Å². The Balaban J connectivity index is 1.99. The molecule has 5 N–H and O–H groups in total. The monoisotopic (exact) mass is 322 g/mol. The topological polar surface area (TPSA) is 133 Å². The van der Waals surface area contributed by atoms with E-state index in [1.54, 1.807) is 42.5 Å². The van der Waals surface area contributed by atoms with Crippen molar-refractivity contribution in [2.75, 3.05) is 0 Å². The van der Waals surface area contributed by atoms with E-state index in [1.807, 2.05) is 0 Å². The van der Waals surface area contributed by atoms with Crippen molar-refractivity contribution >= 4 is 23.1 Å². The van der Waals surface area contributed by atoms with Gasteiger partial charge in [-0.05, 0) is 24.3 Å². The fourth-order valence-electron chi connectivity index (χ4n) is 2.11. The number of aromatic nitrogens is 2. The average molecular weight is 322 g/mol. The molecule has 0 bridgehead atoms. The Morgan fingerprint density at radius 1 is 1.17 bits per heavy atom. The Morgan fingerprint density at radius 2 is 1.88 bits per heavy atom. The third-order valence-corrected chi connectivity index (χ3v) is 3.32. The summed E-state index contributed by atoms with van der Waals surface area (Å²) in [5, 5.41) is 35.2. The standard InChI is InChI=1S/C16H14N6O2/c17-15(21-19-9-10-5-1-4-8-13(10)23)14-16(18)22(24)12-7-3-2-6-11(12)20-14/h1-9,18,23-24H,(H2,17,21). The van der Waals surface area contributed by atoms with E-state index >= 15 is 0 Å². The summed E-state index contributed by atoms with van der Waals surface area (Å²) < 4.78 is 0.687. The van der Waals surface area contributed by atoms with Gasteiger partial charge in [-0.3, -0.25) is 5.41 Å². The van der Waals surface area contributed by atoms with Crippen molar-refractivity contribution < 1.29 is 10.3 Å². The molecule has 0 amide bonds. The molecule has 1 aromatic heterocycles. The number of para-hydroxylation sites is 3. The third-order valence-electron chi connectivity index (χ3n) is 3.32. The van der Waals surface area contributed by atoms with Gasteiger partial charge < -0.3 is 16.0 Å². The number of nitrogens with one attached hydrogen (secondary N) is 1. The summed E-state index contributed by atoms with van der Waals surface area (Å²) in [4.78, 5) is 4.23. The minimum atomic E-state index is -0.298. The molecule has 0 unspecified atom stereocenters. The van der Waals surface area contributed by atoms with Gasteiger partial charge >= 0.3 is 0 Å². The first kappa shape index (κ1) is 15.2. The number of nitrogens with zero attached hydrogens (tertiary/aromatic N) is 4. The number of phenols is 1. The molecular formula is C16H14N6O2. The predicted octanol–water partition coefficient (Wildman–Crippen LogP) is 1.20. The minimum Gasteiger partial charge on any atom is -0.507 e. The van der Waals surface area contributed by atoms with E-state index in [0.717, 1.165) is 0 Å². The fraction of sp³-hybridized carbons (Fsp3) is 0. The van der Waals surface area contributed by atoms with Gasteiger partial charge in [0.05, 0.1) is 11.7 Å². The summed E-state index contributed by atoms with van der Waals surface area (Å²) in [6, 6.07) is 13.4. The number of nitrogens with two attached hydrogens (primary N) is 1. The van der Waals surface area contributed by atoms with Gasteiger partial charge in [0.2, 0.25) is 0 Å². The van der Waals surface area contributed by atoms with Gasteiger partial charge in [0.1, 0.15) is 11.3 Å². The fourth-order valence-corrected chi connectivity index (χ4v) is 2.11. The van der Waals surface area contributed by atoms with Crippen LogP contribution in [0.5, 0.6) is 5.75 Å². The van der Waals surface area contributed by atoms with Crippen LogP contribution in [0.3, 0.4) is 0 Å². The Bertz CT molecular complexity index is 1020. The van der Waals surface area contributed by atoms with Crippen LogP contribution in [0.1, 0.15) is 11.3 Å². The first-order chi connectivity index (χ1) is 11.6. The van der Waals surface area contributed by atoms with Crippen LogP contribution in [0.4, 0.5) is 0 Å². The smallest absolute Gasteiger partial charge is 0.191 e. The summed E-state index contributed by atoms with van der Waals surface area (Å²) in [5.74, 6) is -0.0616. The molecule has 0 aliphatic carbocycles. The Hall–Kier alpha value is -3.68. The largest absolute Gasteiger partial charge is 0.507 e. The Morgan fingerprint density at radius 3 is 2.67 bits per heavy atom. The molecule has 0 aliphatic heterocycles. The molecule has 24 heavy (non-hydrogen) atoms. The summed E-state index contributed by atoms with van der Waals surface area (Å²) in [6.45, 7) is 0. The molecule has 0 atom stereocenters. The van der Waals surface area contributed by atoms with E-state index in [4.69, 9.17) is 11.1 Å². The minimum absolute atomic E-state index is 0.00522. The highest BCUT2D eigenvalue weighted by atomic mass is 16.5. The van der Waals surface area contributed by atoms with Crippen molar-refractivity contribution in [2.24, 2.45) is 15.9 Å². The van der Waals surface area contributed by atoms with E-state index in [9.17, 15) is 10.3 Å². The quantitative estimate of drug-likeness (QED) is 0.249. The lowest BCUT2D eigenvalue weighted by atomic mass is 10.2. The van der Waals surface area contributed by atoms with Gasteiger partial charge in [0, 0.05) is 5.56 Å². The van der Waals surface area contributed by atoms with Crippen molar-refractivity contribution in [1.29, 1.82) is 5.41 Å².